The standard InChI is InChI=1S/C19H21N2O/c1-14-5-3-4-6-19(14)16-7-9-18(10-8-16)21-12-11-17(13-21)20-15(2)22/h4-10,17H,11-13H2,1-2H3,(H,20,22). The molecule has 3 heteroatoms. The Morgan fingerprint density at radius 1 is 1.27 bits per heavy atom. The molecule has 1 radical (unpaired) electrons. The second-order valence-corrected chi connectivity index (χ2v) is 5.92. The minimum absolute atomic E-state index is 0.0542. The Morgan fingerprint density at radius 3 is 2.73 bits per heavy atom. The largest absolute Gasteiger partial charge is 0.369 e. The van der Waals surface area contributed by atoms with Crippen molar-refractivity contribution in [3.63, 3.8) is 0 Å². The second kappa shape index (κ2) is 6.22. The van der Waals surface area contributed by atoms with Crippen LogP contribution in [0.25, 0.3) is 11.1 Å². The molecule has 1 amide bonds. The van der Waals surface area contributed by atoms with Crippen molar-refractivity contribution in [2.75, 3.05) is 18.0 Å². The van der Waals surface area contributed by atoms with Gasteiger partial charge in [0.25, 0.3) is 0 Å². The van der Waals surface area contributed by atoms with E-state index in [0.29, 0.717) is 0 Å². The van der Waals surface area contributed by atoms with E-state index in [4.69, 9.17) is 0 Å². The Hall–Kier alpha value is -2.29. The van der Waals surface area contributed by atoms with Crippen LogP contribution in [0, 0.1) is 13.0 Å². The number of hydrogen-bond donors (Lipinski definition) is 1. The van der Waals surface area contributed by atoms with Gasteiger partial charge in [0.1, 0.15) is 0 Å². The van der Waals surface area contributed by atoms with Crippen LogP contribution in [0.1, 0.15) is 18.9 Å². The van der Waals surface area contributed by atoms with Gasteiger partial charge >= 0.3 is 0 Å². The van der Waals surface area contributed by atoms with Crippen LogP contribution < -0.4 is 10.2 Å². The van der Waals surface area contributed by atoms with E-state index in [1.807, 2.05) is 12.1 Å². The van der Waals surface area contributed by atoms with Gasteiger partial charge in [-0.2, -0.15) is 0 Å². The highest BCUT2D eigenvalue weighted by atomic mass is 16.1. The summed E-state index contributed by atoms with van der Waals surface area (Å²) in [4.78, 5) is 13.5. The van der Waals surface area contributed by atoms with Gasteiger partial charge < -0.3 is 10.2 Å². The van der Waals surface area contributed by atoms with E-state index in [1.54, 1.807) is 6.92 Å². The van der Waals surface area contributed by atoms with Crippen LogP contribution in [0.2, 0.25) is 0 Å². The van der Waals surface area contributed by atoms with E-state index in [2.05, 4.69) is 53.5 Å². The normalized spacial score (nSPS) is 17.5. The fourth-order valence-corrected chi connectivity index (χ4v) is 3.09. The SMILES string of the molecule is CC(=O)NC1CCN(c2ccc(-c3cc[c]cc3C)cc2)C1. The first kappa shape index (κ1) is 14.6. The number of nitrogens with zero attached hydrogens (tertiary/aromatic N) is 1. The van der Waals surface area contributed by atoms with Gasteiger partial charge in [0.15, 0.2) is 0 Å². The molecular formula is C19H21N2O. The van der Waals surface area contributed by atoms with E-state index in [9.17, 15) is 4.79 Å². The fourth-order valence-electron chi connectivity index (χ4n) is 3.09. The van der Waals surface area contributed by atoms with Gasteiger partial charge in [0.05, 0.1) is 0 Å². The summed E-state index contributed by atoms with van der Waals surface area (Å²) >= 11 is 0. The van der Waals surface area contributed by atoms with Gasteiger partial charge in [-0.3, -0.25) is 4.79 Å². The van der Waals surface area contributed by atoms with Gasteiger partial charge in [-0.25, -0.2) is 0 Å². The predicted molar refractivity (Wildman–Crippen MR) is 89.9 cm³/mol. The molecule has 0 aromatic heterocycles. The number of anilines is 1. The molecule has 1 heterocycles. The van der Waals surface area contributed by atoms with Gasteiger partial charge in [-0.15, -0.1) is 0 Å². The first-order valence-corrected chi connectivity index (χ1v) is 7.72. The molecular weight excluding hydrogens is 272 g/mol. The van der Waals surface area contributed by atoms with Gasteiger partial charge in [-0.05, 0) is 48.2 Å². The Labute approximate surface area is 132 Å². The van der Waals surface area contributed by atoms with Crippen LogP contribution in [0.3, 0.4) is 0 Å². The summed E-state index contributed by atoms with van der Waals surface area (Å²) in [6, 6.07) is 18.1. The first-order valence-electron chi connectivity index (χ1n) is 7.72. The average Bonchev–Trinajstić information content (AvgIpc) is 2.96. The summed E-state index contributed by atoms with van der Waals surface area (Å²) in [5, 5.41) is 3.00. The molecule has 1 aliphatic rings. The lowest BCUT2D eigenvalue weighted by Gasteiger charge is -2.19. The minimum Gasteiger partial charge on any atom is -0.369 e. The van der Waals surface area contributed by atoms with Crippen molar-refractivity contribution in [2.24, 2.45) is 0 Å². The third kappa shape index (κ3) is 3.14. The van der Waals surface area contributed by atoms with Crippen LogP contribution in [-0.4, -0.2) is 25.0 Å². The molecule has 3 rings (SSSR count). The molecule has 1 saturated heterocycles. The molecule has 1 fully saturated rings. The number of hydrogen-bond acceptors (Lipinski definition) is 2. The molecule has 0 spiro atoms. The molecule has 1 N–H and O–H groups in total. The molecule has 1 atom stereocenters. The number of amides is 1. The number of benzene rings is 2. The third-order valence-corrected chi connectivity index (χ3v) is 4.21. The van der Waals surface area contributed by atoms with Crippen molar-refractivity contribution in [2.45, 2.75) is 26.3 Å². The number of rotatable bonds is 3. The van der Waals surface area contributed by atoms with Gasteiger partial charge in [0.2, 0.25) is 5.91 Å². The molecule has 0 bridgehead atoms. The minimum atomic E-state index is 0.0542. The van der Waals surface area contributed by atoms with E-state index < -0.39 is 0 Å². The number of carbonyl (C=O) groups excluding carboxylic acids is 1. The highest BCUT2D eigenvalue weighted by Gasteiger charge is 2.23. The summed E-state index contributed by atoms with van der Waals surface area (Å²) in [5.74, 6) is 0.0542. The lowest BCUT2D eigenvalue weighted by atomic mass is 10.0. The van der Waals surface area contributed by atoms with Crippen molar-refractivity contribution in [3.8, 4) is 11.1 Å². The van der Waals surface area contributed by atoms with E-state index in [0.717, 1.165) is 19.5 Å². The third-order valence-electron chi connectivity index (χ3n) is 4.21. The van der Waals surface area contributed by atoms with E-state index >= 15 is 0 Å². The lowest BCUT2D eigenvalue weighted by molar-refractivity contribution is -0.119. The Balaban J connectivity index is 1.73. The molecule has 22 heavy (non-hydrogen) atoms. The Morgan fingerprint density at radius 2 is 2.05 bits per heavy atom. The van der Waals surface area contributed by atoms with Crippen molar-refractivity contribution in [1.82, 2.24) is 5.32 Å². The van der Waals surface area contributed by atoms with Gasteiger partial charge in [-0.1, -0.05) is 30.3 Å². The molecule has 1 aliphatic heterocycles. The highest BCUT2D eigenvalue weighted by molar-refractivity contribution is 5.73. The summed E-state index contributed by atoms with van der Waals surface area (Å²) in [5.41, 5.74) is 4.94. The summed E-state index contributed by atoms with van der Waals surface area (Å²) in [7, 11) is 0. The quantitative estimate of drug-likeness (QED) is 0.942. The molecule has 0 aliphatic carbocycles. The summed E-state index contributed by atoms with van der Waals surface area (Å²) in [6.45, 7) is 5.57. The van der Waals surface area contributed by atoms with Crippen molar-refractivity contribution in [3.05, 3.63) is 54.1 Å². The Kier molecular flexibility index (Phi) is 4.14. The second-order valence-electron chi connectivity index (χ2n) is 5.92. The number of aryl methyl sites for hydroxylation is 1. The Bertz CT molecular complexity index is 663. The van der Waals surface area contributed by atoms with E-state index in [1.165, 1.54) is 22.4 Å². The molecule has 0 saturated carbocycles. The maximum absolute atomic E-state index is 11.1. The fraction of sp³-hybridized carbons (Fsp3) is 0.316. The van der Waals surface area contributed by atoms with Crippen molar-refractivity contribution >= 4 is 11.6 Å². The zero-order valence-corrected chi connectivity index (χ0v) is 13.1. The number of carbonyl (C=O) groups is 1. The van der Waals surface area contributed by atoms with Crippen LogP contribution in [-0.2, 0) is 4.79 Å². The zero-order valence-electron chi connectivity index (χ0n) is 13.1. The van der Waals surface area contributed by atoms with Crippen LogP contribution >= 0.6 is 0 Å². The lowest BCUT2D eigenvalue weighted by Crippen LogP contribution is -2.35. The zero-order chi connectivity index (χ0) is 15.5. The van der Waals surface area contributed by atoms with Crippen LogP contribution in [0.4, 0.5) is 5.69 Å². The molecule has 113 valence electrons. The summed E-state index contributed by atoms with van der Waals surface area (Å²) in [6.07, 6.45) is 1.01. The molecule has 2 aromatic carbocycles. The highest BCUT2D eigenvalue weighted by Crippen LogP contribution is 2.27. The van der Waals surface area contributed by atoms with Crippen molar-refractivity contribution in [1.29, 1.82) is 0 Å². The predicted octanol–water partition coefficient (Wildman–Crippen LogP) is 3.18. The monoisotopic (exact) mass is 293 g/mol. The maximum atomic E-state index is 11.1. The smallest absolute Gasteiger partial charge is 0.217 e. The average molecular weight is 293 g/mol. The molecule has 2 aromatic rings. The summed E-state index contributed by atoms with van der Waals surface area (Å²) < 4.78 is 0. The van der Waals surface area contributed by atoms with Crippen LogP contribution in [0.5, 0.6) is 0 Å². The molecule has 3 nitrogen and oxygen atoms in total. The van der Waals surface area contributed by atoms with Gasteiger partial charge in [0, 0.05) is 31.7 Å². The van der Waals surface area contributed by atoms with Crippen LogP contribution in [0.15, 0.2) is 42.5 Å². The topological polar surface area (TPSA) is 32.3 Å². The first-order chi connectivity index (χ1) is 10.6. The van der Waals surface area contributed by atoms with Crippen molar-refractivity contribution < 1.29 is 4.79 Å². The number of nitrogens with one attached hydrogen (secondary N) is 1. The molecule has 1 unspecified atom stereocenters. The van der Waals surface area contributed by atoms with E-state index in [-0.39, 0.29) is 11.9 Å². The maximum Gasteiger partial charge on any atom is 0.217 e.